The maximum Gasteiger partial charge on any atom is 0.341 e. The van der Waals surface area contributed by atoms with Gasteiger partial charge in [-0.15, -0.1) is 0 Å². The van der Waals surface area contributed by atoms with Crippen LogP contribution in [0, 0.1) is 21.7 Å². The molecule has 2 aromatic rings. The molecule has 0 bridgehead atoms. The quantitative estimate of drug-likeness (QED) is 0.350. The van der Waals surface area contributed by atoms with Crippen LogP contribution in [0.4, 0.5) is 14.5 Å². The van der Waals surface area contributed by atoms with Gasteiger partial charge in [-0.05, 0) is 29.8 Å². The number of nitrogens with zero attached hydrogens (tertiary/aromatic N) is 1. The fourth-order valence-corrected chi connectivity index (χ4v) is 1.99. The summed E-state index contributed by atoms with van der Waals surface area (Å²) in [5, 5.41) is 19.6. The molecule has 2 rings (SSSR count). The predicted molar refractivity (Wildman–Crippen MR) is 85.9 cm³/mol. The topological polar surface area (TPSA) is 107 Å². The maximum atomic E-state index is 13.6. The van der Waals surface area contributed by atoms with Crippen molar-refractivity contribution in [3.05, 3.63) is 75.3 Å². The number of carboxylic acid groups (broad SMARTS) is 1. The summed E-state index contributed by atoms with van der Waals surface area (Å²) >= 11 is 0. The SMILES string of the molecule is O=C(O)COc1ccc(C=CC(=O)c2ccc(F)cc2F)cc1[N+](=O)[O-]. The number of halogens is 2. The number of allylic oxidation sites excluding steroid dienone is 1. The number of ether oxygens (including phenoxy) is 1. The minimum atomic E-state index is -1.30. The zero-order chi connectivity index (χ0) is 19.3. The minimum Gasteiger partial charge on any atom is -0.479 e. The molecule has 0 unspecified atom stereocenters. The van der Waals surface area contributed by atoms with Crippen LogP contribution < -0.4 is 4.74 Å². The Morgan fingerprint density at radius 3 is 2.54 bits per heavy atom. The molecule has 0 heterocycles. The third-order valence-corrected chi connectivity index (χ3v) is 3.15. The zero-order valence-corrected chi connectivity index (χ0v) is 13.0. The van der Waals surface area contributed by atoms with Gasteiger partial charge in [0.1, 0.15) is 11.6 Å². The molecule has 7 nitrogen and oxygen atoms in total. The first-order chi connectivity index (χ1) is 12.3. The van der Waals surface area contributed by atoms with Crippen molar-refractivity contribution in [1.29, 1.82) is 0 Å². The average Bonchev–Trinajstić information content (AvgIpc) is 2.58. The summed E-state index contributed by atoms with van der Waals surface area (Å²) in [6, 6.07) is 6.10. The molecule has 2 aromatic carbocycles. The molecule has 0 spiro atoms. The van der Waals surface area contributed by atoms with Gasteiger partial charge >= 0.3 is 11.7 Å². The third-order valence-electron chi connectivity index (χ3n) is 3.15. The molecule has 0 amide bonds. The van der Waals surface area contributed by atoms with Gasteiger partial charge in [0, 0.05) is 12.1 Å². The number of benzene rings is 2. The van der Waals surface area contributed by atoms with Crippen molar-refractivity contribution in [3.8, 4) is 5.75 Å². The van der Waals surface area contributed by atoms with Crippen LogP contribution in [0.25, 0.3) is 6.08 Å². The van der Waals surface area contributed by atoms with Gasteiger partial charge in [-0.3, -0.25) is 14.9 Å². The summed E-state index contributed by atoms with van der Waals surface area (Å²) in [5.74, 6) is -4.14. The first-order valence-corrected chi connectivity index (χ1v) is 7.08. The summed E-state index contributed by atoms with van der Waals surface area (Å²) in [5.41, 5.74) is -0.609. The van der Waals surface area contributed by atoms with E-state index >= 15 is 0 Å². The van der Waals surface area contributed by atoms with Gasteiger partial charge in [0.25, 0.3) is 0 Å². The van der Waals surface area contributed by atoms with Crippen molar-refractivity contribution in [2.24, 2.45) is 0 Å². The van der Waals surface area contributed by atoms with E-state index in [0.717, 1.165) is 24.3 Å². The van der Waals surface area contributed by atoms with Crippen LogP contribution in [-0.4, -0.2) is 28.4 Å². The Morgan fingerprint density at radius 2 is 1.92 bits per heavy atom. The minimum absolute atomic E-state index is 0.232. The molecule has 0 aromatic heterocycles. The first kappa shape index (κ1) is 18.7. The van der Waals surface area contributed by atoms with Gasteiger partial charge in [0.05, 0.1) is 10.5 Å². The van der Waals surface area contributed by atoms with Gasteiger partial charge in [-0.25, -0.2) is 13.6 Å². The molecule has 26 heavy (non-hydrogen) atoms. The smallest absolute Gasteiger partial charge is 0.341 e. The van der Waals surface area contributed by atoms with Gasteiger partial charge in [0.2, 0.25) is 0 Å². The maximum absolute atomic E-state index is 13.6. The van der Waals surface area contributed by atoms with E-state index < -0.39 is 40.6 Å². The van der Waals surface area contributed by atoms with Crippen LogP contribution in [0.3, 0.4) is 0 Å². The van der Waals surface area contributed by atoms with Gasteiger partial charge in [-0.2, -0.15) is 0 Å². The summed E-state index contributed by atoms with van der Waals surface area (Å²) in [6.07, 6.45) is 2.19. The highest BCUT2D eigenvalue weighted by molar-refractivity contribution is 6.07. The molecule has 0 saturated heterocycles. The van der Waals surface area contributed by atoms with Crippen LogP contribution >= 0.6 is 0 Å². The molecule has 1 N–H and O–H groups in total. The number of nitro groups is 1. The van der Waals surface area contributed by atoms with E-state index in [-0.39, 0.29) is 16.9 Å². The van der Waals surface area contributed by atoms with Crippen LogP contribution in [0.15, 0.2) is 42.5 Å². The van der Waals surface area contributed by atoms with E-state index in [1.54, 1.807) is 0 Å². The van der Waals surface area contributed by atoms with E-state index in [4.69, 9.17) is 9.84 Å². The number of nitro benzene ring substituents is 1. The lowest BCUT2D eigenvalue weighted by atomic mass is 10.1. The number of hydrogen-bond donors (Lipinski definition) is 1. The van der Waals surface area contributed by atoms with Crippen molar-refractivity contribution in [3.63, 3.8) is 0 Å². The Balaban J connectivity index is 2.24. The number of carboxylic acids is 1. The van der Waals surface area contributed by atoms with E-state index in [1.165, 1.54) is 18.2 Å². The van der Waals surface area contributed by atoms with Crippen LogP contribution in [0.5, 0.6) is 5.75 Å². The van der Waals surface area contributed by atoms with Crippen molar-refractivity contribution < 1.29 is 33.1 Å². The summed E-state index contributed by atoms with van der Waals surface area (Å²) in [4.78, 5) is 32.7. The Hall–Kier alpha value is -3.62. The molecule has 0 fully saturated rings. The summed E-state index contributed by atoms with van der Waals surface area (Å²) < 4.78 is 31.2. The van der Waals surface area contributed by atoms with Crippen LogP contribution in [0.2, 0.25) is 0 Å². The highest BCUT2D eigenvalue weighted by Crippen LogP contribution is 2.28. The fraction of sp³-hybridized carbons (Fsp3) is 0.0588. The van der Waals surface area contributed by atoms with Crippen molar-refractivity contribution in [1.82, 2.24) is 0 Å². The lowest BCUT2D eigenvalue weighted by Crippen LogP contribution is -2.10. The van der Waals surface area contributed by atoms with Crippen LogP contribution in [0.1, 0.15) is 15.9 Å². The molecule has 134 valence electrons. The number of ketones is 1. The molecule has 0 radical (unpaired) electrons. The van der Waals surface area contributed by atoms with Crippen molar-refractivity contribution in [2.75, 3.05) is 6.61 Å². The summed E-state index contributed by atoms with van der Waals surface area (Å²) in [7, 11) is 0. The number of carbonyl (C=O) groups excluding carboxylic acids is 1. The normalized spacial score (nSPS) is 10.7. The van der Waals surface area contributed by atoms with E-state index in [2.05, 4.69) is 0 Å². The molecule has 0 aliphatic heterocycles. The molecule has 0 aliphatic carbocycles. The number of rotatable bonds is 7. The molecular formula is C17H11F2NO6. The van der Waals surface area contributed by atoms with Crippen LogP contribution in [-0.2, 0) is 4.79 Å². The largest absolute Gasteiger partial charge is 0.479 e. The second kappa shape index (κ2) is 7.97. The van der Waals surface area contributed by atoms with Gasteiger partial charge in [-0.1, -0.05) is 12.1 Å². The first-order valence-electron chi connectivity index (χ1n) is 7.08. The summed E-state index contributed by atoms with van der Waals surface area (Å²) in [6.45, 7) is -0.752. The Bertz CT molecular complexity index is 910. The lowest BCUT2D eigenvalue weighted by molar-refractivity contribution is -0.385. The molecule has 0 atom stereocenters. The lowest BCUT2D eigenvalue weighted by Gasteiger charge is -2.05. The monoisotopic (exact) mass is 363 g/mol. The molecule has 0 saturated carbocycles. The van der Waals surface area contributed by atoms with Gasteiger partial charge < -0.3 is 9.84 Å². The molecule has 0 aliphatic rings. The highest BCUT2D eigenvalue weighted by Gasteiger charge is 2.17. The second-order valence-corrected chi connectivity index (χ2v) is 4.99. The van der Waals surface area contributed by atoms with E-state index in [1.807, 2.05) is 0 Å². The van der Waals surface area contributed by atoms with Gasteiger partial charge in [0.15, 0.2) is 18.1 Å². The predicted octanol–water partition coefficient (Wildman–Crippen LogP) is 3.23. The Labute approximate surface area is 145 Å². The zero-order valence-electron chi connectivity index (χ0n) is 13.0. The molecular weight excluding hydrogens is 352 g/mol. The van der Waals surface area contributed by atoms with E-state index in [0.29, 0.717) is 6.07 Å². The fourth-order valence-electron chi connectivity index (χ4n) is 1.99. The average molecular weight is 363 g/mol. The van der Waals surface area contributed by atoms with Crippen molar-refractivity contribution in [2.45, 2.75) is 0 Å². The second-order valence-electron chi connectivity index (χ2n) is 4.99. The number of carbonyl (C=O) groups is 2. The third kappa shape index (κ3) is 4.69. The highest BCUT2D eigenvalue weighted by atomic mass is 19.1. The Kier molecular flexibility index (Phi) is 5.74. The standard InChI is InChI=1S/C17H11F2NO6/c18-11-3-4-12(13(19)8-11)15(21)5-1-10-2-6-16(26-9-17(22)23)14(7-10)20(24)25/h1-8H,9H2,(H,22,23). The van der Waals surface area contributed by atoms with Crippen molar-refractivity contribution >= 4 is 23.5 Å². The van der Waals surface area contributed by atoms with E-state index in [9.17, 15) is 28.5 Å². The molecule has 9 heteroatoms. The number of hydrogen-bond acceptors (Lipinski definition) is 5. The number of aliphatic carboxylic acids is 1. The Morgan fingerprint density at radius 1 is 1.19 bits per heavy atom.